The third-order valence-corrected chi connectivity index (χ3v) is 5.89. The summed E-state index contributed by atoms with van der Waals surface area (Å²) in [6.45, 7) is 0. The summed E-state index contributed by atoms with van der Waals surface area (Å²) < 4.78 is 6.74. The van der Waals surface area contributed by atoms with Gasteiger partial charge in [0, 0.05) is 7.05 Å². The number of nitrogens with zero attached hydrogens (tertiary/aromatic N) is 6. The fourth-order valence-electron chi connectivity index (χ4n) is 3.28. The summed E-state index contributed by atoms with van der Waals surface area (Å²) >= 11 is 1.26. The van der Waals surface area contributed by atoms with E-state index in [4.69, 9.17) is 4.74 Å². The summed E-state index contributed by atoms with van der Waals surface area (Å²) in [6, 6.07) is 9.72. The highest BCUT2D eigenvalue weighted by Gasteiger charge is 2.38. The fourth-order valence-corrected chi connectivity index (χ4v) is 4.08. The average Bonchev–Trinajstić information content (AvgIpc) is 3.20. The SMILES string of the molecule is COc1ccc(-n2nnnc2SCC(=O)N(C)C2(C#N)CCCCC2)cc1. The first-order valence-electron chi connectivity index (χ1n) is 8.83. The Hall–Kier alpha value is -2.60. The number of rotatable bonds is 6. The third kappa shape index (κ3) is 4.06. The van der Waals surface area contributed by atoms with Crippen LogP contribution in [0, 0.1) is 11.3 Å². The number of amides is 1. The van der Waals surface area contributed by atoms with Crippen molar-refractivity contribution in [2.45, 2.75) is 42.8 Å². The smallest absolute Gasteiger partial charge is 0.234 e. The molecule has 1 aromatic heterocycles. The normalized spacial score (nSPS) is 15.7. The van der Waals surface area contributed by atoms with Crippen LogP contribution in [0.15, 0.2) is 29.4 Å². The van der Waals surface area contributed by atoms with Gasteiger partial charge in [0.25, 0.3) is 0 Å². The van der Waals surface area contributed by atoms with Gasteiger partial charge in [0.15, 0.2) is 0 Å². The molecule has 1 aliphatic rings. The Balaban J connectivity index is 1.67. The van der Waals surface area contributed by atoms with Crippen molar-refractivity contribution in [3.8, 4) is 17.5 Å². The van der Waals surface area contributed by atoms with Crippen molar-refractivity contribution in [2.24, 2.45) is 0 Å². The lowest BCUT2D eigenvalue weighted by molar-refractivity contribution is -0.131. The number of thioether (sulfide) groups is 1. The monoisotopic (exact) mass is 386 g/mol. The van der Waals surface area contributed by atoms with E-state index in [0.717, 1.165) is 43.5 Å². The first-order valence-corrected chi connectivity index (χ1v) is 9.82. The van der Waals surface area contributed by atoms with E-state index < -0.39 is 5.54 Å². The van der Waals surface area contributed by atoms with Crippen LogP contribution in [0.5, 0.6) is 5.75 Å². The van der Waals surface area contributed by atoms with E-state index in [1.165, 1.54) is 11.8 Å². The third-order valence-electron chi connectivity index (χ3n) is 4.99. The zero-order valence-corrected chi connectivity index (χ0v) is 16.3. The minimum absolute atomic E-state index is 0.0901. The second-order valence-corrected chi connectivity index (χ2v) is 7.46. The fraction of sp³-hybridized carbons (Fsp3) is 0.500. The summed E-state index contributed by atoms with van der Waals surface area (Å²) in [6.07, 6.45) is 4.55. The molecule has 0 radical (unpaired) electrons. The first kappa shape index (κ1) is 19.2. The molecule has 0 spiro atoms. The molecule has 1 fully saturated rings. The molecule has 0 aliphatic heterocycles. The van der Waals surface area contributed by atoms with Gasteiger partial charge in [0.1, 0.15) is 11.3 Å². The molecular weight excluding hydrogens is 364 g/mol. The van der Waals surface area contributed by atoms with Crippen molar-refractivity contribution in [3.63, 3.8) is 0 Å². The highest BCUT2D eigenvalue weighted by Crippen LogP contribution is 2.33. The standard InChI is InChI=1S/C18H22N6O2S/c1-23(18(13-19)10-4-3-5-11-18)16(25)12-27-17-20-21-22-24(17)14-6-8-15(26-2)9-7-14/h6-9H,3-5,10-12H2,1-2H3. The van der Waals surface area contributed by atoms with E-state index in [9.17, 15) is 10.1 Å². The molecule has 0 bridgehead atoms. The molecule has 27 heavy (non-hydrogen) atoms. The van der Waals surface area contributed by atoms with Crippen LogP contribution >= 0.6 is 11.8 Å². The number of methoxy groups -OCH3 is 1. The maximum Gasteiger partial charge on any atom is 0.234 e. The van der Waals surface area contributed by atoms with Gasteiger partial charge in [-0.05, 0) is 47.5 Å². The molecule has 1 amide bonds. The molecule has 1 saturated carbocycles. The Bertz CT molecular complexity index is 823. The molecule has 8 nitrogen and oxygen atoms in total. The molecule has 1 aromatic carbocycles. The Morgan fingerprint density at radius 2 is 2.04 bits per heavy atom. The Labute approximate surface area is 162 Å². The van der Waals surface area contributed by atoms with E-state index in [2.05, 4.69) is 21.6 Å². The molecule has 3 rings (SSSR count). The molecule has 1 aliphatic carbocycles. The van der Waals surface area contributed by atoms with Crippen LogP contribution < -0.4 is 4.74 Å². The number of benzene rings is 1. The highest BCUT2D eigenvalue weighted by molar-refractivity contribution is 7.99. The van der Waals surface area contributed by atoms with Crippen LogP contribution in [-0.2, 0) is 4.79 Å². The number of hydrogen-bond acceptors (Lipinski definition) is 7. The number of aromatic nitrogens is 4. The molecule has 0 saturated heterocycles. The number of carbonyl (C=O) groups is 1. The van der Waals surface area contributed by atoms with Crippen LogP contribution in [0.25, 0.3) is 5.69 Å². The highest BCUT2D eigenvalue weighted by atomic mass is 32.2. The Morgan fingerprint density at radius 3 is 2.67 bits per heavy atom. The number of ether oxygens (including phenoxy) is 1. The van der Waals surface area contributed by atoms with Gasteiger partial charge in [-0.1, -0.05) is 31.0 Å². The maximum absolute atomic E-state index is 12.7. The molecular formula is C18H22N6O2S. The van der Waals surface area contributed by atoms with Gasteiger partial charge < -0.3 is 9.64 Å². The zero-order chi connectivity index (χ0) is 19.3. The van der Waals surface area contributed by atoms with Crippen LogP contribution in [0.4, 0.5) is 0 Å². The van der Waals surface area contributed by atoms with Gasteiger partial charge in [-0.3, -0.25) is 4.79 Å². The van der Waals surface area contributed by atoms with E-state index >= 15 is 0 Å². The topological polar surface area (TPSA) is 96.9 Å². The van der Waals surface area contributed by atoms with Crippen LogP contribution in [0.1, 0.15) is 32.1 Å². The lowest BCUT2D eigenvalue weighted by Crippen LogP contribution is -2.50. The minimum atomic E-state index is -0.683. The Kier molecular flexibility index (Phi) is 5.96. The number of nitriles is 1. The number of carbonyl (C=O) groups excluding carboxylic acids is 1. The van der Waals surface area contributed by atoms with Gasteiger partial charge >= 0.3 is 0 Å². The maximum atomic E-state index is 12.7. The van der Waals surface area contributed by atoms with Gasteiger partial charge in [-0.25, -0.2) is 0 Å². The van der Waals surface area contributed by atoms with Crippen molar-refractivity contribution in [2.75, 3.05) is 19.9 Å². The largest absolute Gasteiger partial charge is 0.497 e. The zero-order valence-electron chi connectivity index (χ0n) is 15.5. The van der Waals surface area contributed by atoms with E-state index in [0.29, 0.717) is 5.16 Å². The molecule has 1 heterocycles. The van der Waals surface area contributed by atoms with Crippen molar-refractivity contribution in [3.05, 3.63) is 24.3 Å². The molecule has 2 aromatic rings. The van der Waals surface area contributed by atoms with Gasteiger partial charge in [-0.15, -0.1) is 5.10 Å². The molecule has 0 atom stereocenters. The number of hydrogen-bond donors (Lipinski definition) is 0. The van der Waals surface area contributed by atoms with Crippen molar-refractivity contribution < 1.29 is 9.53 Å². The van der Waals surface area contributed by atoms with Crippen molar-refractivity contribution in [1.29, 1.82) is 5.26 Å². The van der Waals surface area contributed by atoms with Gasteiger partial charge in [-0.2, -0.15) is 9.94 Å². The molecule has 142 valence electrons. The first-order chi connectivity index (χ1) is 13.1. The van der Waals surface area contributed by atoms with E-state index in [-0.39, 0.29) is 11.7 Å². The lowest BCUT2D eigenvalue weighted by Gasteiger charge is -2.39. The van der Waals surface area contributed by atoms with Crippen LogP contribution in [-0.4, -0.2) is 56.5 Å². The lowest BCUT2D eigenvalue weighted by atomic mass is 9.81. The molecule has 0 unspecified atom stereocenters. The summed E-state index contributed by atoms with van der Waals surface area (Å²) in [7, 11) is 3.33. The Morgan fingerprint density at radius 1 is 1.33 bits per heavy atom. The summed E-state index contributed by atoms with van der Waals surface area (Å²) in [5.41, 5.74) is 0.0996. The van der Waals surface area contributed by atoms with Gasteiger partial charge in [0.2, 0.25) is 11.1 Å². The van der Waals surface area contributed by atoms with Crippen LogP contribution in [0.2, 0.25) is 0 Å². The summed E-state index contributed by atoms with van der Waals surface area (Å²) in [5, 5.41) is 21.9. The second-order valence-electron chi connectivity index (χ2n) is 6.52. The second kappa shape index (κ2) is 8.39. The van der Waals surface area contributed by atoms with Crippen molar-refractivity contribution in [1.82, 2.24) is 25.1 Å². The molecule has 9 heteroatoms. The predicted molar refractivity (Wildman–Crippen MR) is 101 cm³/mol. The van der Waals surface area contributed by atoms with Crippen molar-refractivity contribution >= 4 is 17.7 Å². The van der Waals surface area contributed by atoms with E-state index in [1.54, 1.807) is 23.7 Å². The minimum Gasteiger partial charge on any atom is -0.497 e. The average molecular weight is 386 g/mol. The number of tetrazole rings is 1. The summed E-state index contributed by atoms with van der Waals surface area (Å²) in [4.78, 5) is 14.3. The molecule has 0 N–H and O–H groups in total. The van der Waals surface area contributed by atoms with Gasteiger partial charge in [0.05, 0.1) is 24.6 Å². The summed E-state index contributed by atoms with van der Waals surface area (Å²) in [5.74, 6) is 0.830. The quantitative estimate of drug-likeness (QED) is 0.703. The predicted octanol–water partition coefficient (Wildman–Crippen LogP) is 2.45. The van der Waals surface area contributed by atoms with Crippen LogP contribution in [0.3, 0.4) is 0 Å². The van der Waals surface area contributed by atoms with E-state index in [1.807, 2.05) is 24.3 Å².